The Kier molecular flexibility index (Phi) is 4.65. The molecule has 0 saturated heterocycles. The lowest BCUT2D eigenvalue weighted by Crippen LogP contribution is -2.38. The fourth-order valence-corrected chi connectivity index (χ4v) is 2.32. The lowest BCUT2D eigenvalue weighted by molar-refractivity contribution is -0.0512. The highest BCUT2D eigenvalue weighted by molar-refractivity contribution is 5.95. The molecule has 1 fully saturated rings. The second-order valence-electron chi connectivity index (χ2n) is 5.28. The number of halogens is 2. The highest BCUT2D eigenvalue weighted by Crippen LogP contribution is 2.33. The number of amides is 1. The number of nitrogens with zero attached hydrogens (tertiary/aromatic N) is 1. The highest BCUT2D eigenvalue weighted by atomic mass is 19.3. The fraction of sp³-hybridized carbons (Fsp3) is 0.533. The summed E-state index contributed by atoms with van der Waals surface area (Å²) in [5, 5.41) is 0. The molecule has 4 nitrogen and oxygen atoms in total. The molecule has 116 valence electrons. The van der Waals surface area contributed by atoms with Gasteiger partial charge in [-0.15, -0.1) is 0 Å². The Bertz CT molecular complexity index is 514. The van der Waals surface area contributed by atoms with Gasteiger partial charge in [0.25, 0.3) is 5.91 Å². The minimum Gasteiger partial charge on any atom is -0.493 e. The largest absolute Gasteiger partial charge is 0.493 e. The summed E-state index contributed by atoms with van der Waals surface area (Å²) >= 11 is 0. The first-order chi connectivity index (χ1) is 9.93. The van der Waals surface area contributed by atoms with Crippen molar-refractivity contribution in [3.8, 4) is 11.5 Å². The molecule has 0 radical (unpaired) electrons. The third kappa shape index (κ3) is 3.62. The van der Waals surface area contributed by atoms with Crippen LogP contribution in [-0.4, -0.2) is 36.6 Å². The van der Waals surface area contributed by atoms with Gasteiger partial charge in [0.05, 0.1) is 7.11 Å². The van der Waals surface area contributed by atoms with Crippen molar-refractivity contribution in [2.24, 2.45) is 0 Å². The van der Waals surface area contributed by atoms with Crippen molar-refractivity contribution in [1.29, 1.82) is 0 Å². The van der Waals surface area contributed by atoms with Gasteiger partial charge in [0.1, 0.15) is 0 Å². The Morgan fingerprint density at radius 1 is 1.29 bits per heavy atom. The van der Waals surface area contributed by atoms with Crippen molar-refractivity contribution < 1.29 is 23.0 Å². The van der Waals surface area contributed by atoms with Crippen molar-refractivity contribution in [3.63, 3.8) is 0 Å². The zero-order valence-corrected chi connectivity index (χ0v) is 12.3. The molecule has 1 aromatic carbocycles. The molecule has 1 saturated carbocycles. The second-order valence-corrected chi connectivity index (χ2v) is 5.28. The van der Waals surface area contributed by atoms with E-state index in [0.29, 0.717) is 5.56 Å². The first kappa shape index (κ1) is 15.5. The third-order valence-corrected chi connectivity index (χ3v) is 3.36. The van der Waals surface area contributed by atoms with E-state index in [2.05, 4.69) is 4.74 Å². The second kappa shape index (κ2) is 6.28. The summed E-state index contributed by atoms with van der Waals surface area (Å²) in [6.45, 7) is 0.989. The number of carbonyl (C=O) groups excluding carboxylic acids is 1. The van der Waals surface area contributed by atoms with Crippen molar-refractivity contribution in [1.82, 2.24) is 4.90 Å². The van der Waals surface area contributed by atoms with Crippen molar-refractivity contribution in [2.75, 3.05) is 7.11 Å². The van der Waals surface area contributed by atoms with Crippen LogP contribution in [0.5, 0.6) is 11.5 Å². The van der Waals surface area contributed by atoms with E-state index in [9.17, 15) is 13.6 Å². The maximum Gasteiger partial charge on any atom is 0.387 e. The van der Waals surface area contributed by atoms with E-state index >= 15 is 0 Å². The maximum atomic E-state index is 12.6. The standard InChI is InChI=1S/C15H19F2NO3/c1-9(2)18(11-5-6-11)14(19)10-4-7-12(21-15(16)17)13(8-10)20-3/h4,7-9,11,15H,5-6H2,1-3H3. The van der Waals surface area contributed by atoms with Crippen LogP contribution in [0.1, 0.15) is 37.0 Å². The summed E-state index contributed by atoms with van der Waals surface area (Å²) in [6.07, 6.45) is 2.02. The van der Waals surface area contributed by atoms with Gasteiger partial charge in [-0.05, 0) is 44.9 Å². The van der Waals surface area contributed by atoms with Gasteiger partial charge in [-0.2, -0.15) is 8.78 Å². The van der Waals surface area contributed by atoms with E-state index in [1.54, 1.807) is 0 Å². The fourth-order valence-electron chi connectivity index (χ4n) is 2.32. The Hall–Kier alpha value is -1.85. The van der Waals surface area contributed by atoms with Gasteiger partial charge in [0.15, 0.2) is 11.5 Å². The molecule has 0 aromatic heterocycles. The lowest BCUT2D eigenvalue weighted by Gasteiger charge is -2.27. The van der Waals surface area contributed by atoms with Gasteiger partial charge in [-0.3, -0.25) is 4.79 Å². The molecule has 0 spiro atoms. The molecule has 6 heteroatoms. The summed E-state index contributed by atoms with van der Waals surface area (Å²) in [7, 11) is 1.35. The van der Waals surface area contributed by atoms with Gasteiger partial charge < -0.3 is 14.4 Å². The van der Waals surface area contributed by atoms with E-state index in [1.807, 2.05) is 18.7 Å². The topological polar surface area (TPSA) is 38.8 Å². The van der Waals surface area contributed by atoms with Crippen LogP contribution in [0.2, 0.25) is 0 Å². The van der Waals surface area contributed by atoms with E-state index < -0.39 is 6.61 Å². The summed E-state index contributed by atoms with van der Waals surface area (Å²) in [6, 6.07) is 4.63. The van der Waals surface area contributed by atoms with Crippen LogP contribution in [-0.2, 0) is 0 Å². The molecule has 0 atom stereocenters. The third-order valence-electron chi connectivity index (χ3n) is 3.36. The minimum atomic E-state index is -2.93. The molecule has 1 aliphatic rings. The zero-order chi connectivity index (χ0) is 15.6. The van der Waals surface area contributed by atoms with Crippen LogP contribution in [0, 0.1) is 0 Å². The Morgan fingerprint density at radius 2 is 1.95 bits per heavy atom. The van der Waals surface area contributed by atoms with Crippen molar-refractivity contribution >= 4 is 5.91 Å². The van der Waals surface area contributed by atoms with Gasteiger partial charge >= 0.3 is 6.61 Å². The van der Waals surface area contributed by atoms with Crippen molar-refractivity contribution in [2.45, 2.75) is 45.4 Å². The van der Waals surface area contributed by atoms with Gasteiger partial charge in [-0.1, -0.05) is 0 Å². The Morgan fingerprint density at radius 3 is 2.43 bits per heavy atom. The molecule has 0 unspecified atom stereocenters. The monoisotopic (exact) mass is 299 g/mol. The van der Waals surface area contributed by atoms with E-state index in [1.165, 1.54) is 25.3 Å². The maximum absolute atomic E-state index is 12.6. The highest BCUT2D eigenvalue weighted by Gasteiger charge is 2.34. The minimum absolute atomic E-state index is 0.0773. The van der Waals surface area contributed by atoms with Crippen LogP contribution >= 0.6 is 0 Å². The van der Waals surface area contributed by atoms with Crippen LogP contribution in [0.25, 0.3) is 0 Å². The van der Waals surface area contributed by atoms with Gasteiger partial charge in [0, 0.05) is 17.6 Å². The molecule has 2 rings (SSSR count). The molecule has 1 aliphatic carbocycles. The number of hydrogen-bond acceptors (Lipinski definition) is 3. The smallest absolute Gasteiger partial charge is 0.387 e. The number of hydrogen-bond donors (Lipinski definition) is 0. The molecule has 0 aliphatic heterocycles. The Labute approximate surface area is 122 Å². The summed E-state index contributed by atoms with van der Waals surface area (Å²) in [4.78, 5) is 14.4. The van der Waals surface area contributed by atoms with E-state index in [0.717, 1.165) is 12.8 Å². The average molecular weight is 299 g/mol. The van der Waals surface area contributed by atoms with Crippen LogP contribution < -0.4 is 9.47 Å². The normalized spacial score (nSPS) is 14.4. The molecular formula is C15H19F2NO3. The Balaban J connectivity index is 2.25. The molecule has 0 bridgehead atoms. The molecule has 0 N–H and O–H groups in total. The zero-order valence-electron chi connectivity index (χ0n) is 12.3. The van der Waals surface area contributed by atoms with Gasteiger partial charge in [0.2, 0.25) is 0 Å². The van der Waals surface area contributed by atoms with Crippen LogP contribution in [0.3, 0.4) is 0 Å². The first-order valence-corrected chi connectivity index (χ1v) is 6.89. The average Bonchev–Trinajstić information content (AvgIpc) is 3.22. The number of methoxy groups -OCH3 is 1. The number of benzene rings is 1. The van der Waals surface area contributed by atoms with E-state index in [-0.39, 0.29) is 29.5 Å². The van der Waals surface area contributed by atoms with Crippen molar-refractivity contribution in [3.05, 3.63) is 23.8 Å². The predicted octanol–water partition coefficient (Wildman–Crippen LogP) is 3.31. The summed E-state index contributed by atoms with van der Waals surface area (Å²) in [5.74, 6) is -0.0679. The number of carbonyl (C=O) groups is 1. The SMILES string of the molecule is COc1cc(C(=O)N(C(C)C)C2CC2)ccc1OC(F)F. The summed E-state index contributed by atoms with van der Waals surface area (Å²) in [5.41, 5.74) is 0.411. The van der Waals surface area contributed by atoms with Gasteiger partial charge in [-0.25, -0.2) is 0 Å². The van der Waals surface area contributed by atoms with E-state index in [4.69, 9.17) is 4.74 Å². The predicted molar refractivity (Wildman–Crippen MR) is 74.0 cm³/mol. The molecule has 0 heterocycles. The molecule has 21 heavy (non-hydrogen) atoms. The molecule has 1 aromatic rings. The number of rotatable bonds is 6. The lowest BCUT2D eigenvalue weighted by atomic mass is 10.1. The number of alkyl halides is 2. The quantitative estimate of drug-likeness (QED) is 0.809. The van der Waals surface area contributed by atoms with Crippen LogP contribution in [0.4, 0.5) is 8.78 Å². The molecular weight excluding hydrogens is 280 g/mol. The molecule has 1 amide bonds. The van der Waals surface area contributed by atoms with Crippen LogP contribution in [0.15, 0.2) is 18.2 Å². The first-order valence-electron chi connectivity index (χ1n) is 6.89. The number of ether oxygens (including phenoxy) is 2. The summed E-state index contributed by atoms with van der Waals surface area (Å²) < 4.78 is 34.0.